The van der Waals surface area contributed by atoms with Crippen molar-refractivity contribution in [3.8, 4) is 0 Å². The number of carboxylic acids is 1. The van der Waals surface area contributed by atoms with Crippen LogP contribution in [0.1, 0.15) is 61.9 Å². The zero-order chi connectivity index (χ0) is 17.0. The van der Waals surface area contributed by atoms with E-state index in [1.165, 1.54) is 0 Å². The van der Waals surface area contributed by atoms with Gasteiger partial charge in [-0.3, -0.25) is 0 Å². The number of carbonyl (C=O) groups excluding carboxylic acids is 1. The minimum absolute atomic E-state index is 0.0253. The standard InChI is InChI=1S/C18H25NO4/c1-18(2,3)23-17(22)19-11-7-6-8-13(12-19)14-9-4-5-10-15(14)16(20)21/h4-5,9-10,13H,6-8,11-12H2,1-3H3,(H,20,21). The second kappa shape index (κ2) is 7.02. The fourth-order valence-corrected chi connectivity index (χ4v) is 2.94. The van der Waals surface area contributed by atoms with E-state index in [1.807, 2.05) is 32.9 Å². The summed E-state index contributed by atoms with van der Waals surface area (Å²) in [5.41, 5.74) is 0.594. The highest BCUT2D eigenvalue weighted by molar-refractivity contribution is 5.89. The number of aromatic carboxylic acids is 1. The van der Waals surface area contributed by atoms with Gasteiger partial charge in [0.15, 0.2) is 0 Å². The lowest BCUT2D eigenvalue weighted by Crippen LogP contribution is -2.38. The summed E-state index contributed by atoms with van der Waals surface area (Å²) in [6, 6.07) is 7.06. The van der Waals surface area contributed by atoms with Crippen LogP contribution in [0.3, 0.4) is 0 Å². The van der Waals surface area contributed by atoms with Gasteiger partial charge in [-0.2, -0.15) is 0 Å². The Kier molecular flexibility index (Phi) is 5.29. The third kappa shape index (κ3) is 4.71. The van der Waals surface area contributed by atoms with Crippen LogP contribution in [0.4, 0.5) is 4.79 Å². The number of rotatable bonds is 2. The van der Waals surface area contributed by atoms with Gasteiger partial charge in [0.05, 0.1) is 5.56 Å². The molecule has 1 fully saturated rings. The Bertz CT molecular complexity index is 577. The van der Waals surface area contributed by atoms with Crippen LogP contribution in [0.5, 0.6) is 0 Å². The maximum atomic E-state index is 12.3. The van der Waals surface area contributed by atoms with Crippen LogP contribution >= 0.6 is 0 Å². The van der Waals surface area contributed by atoms with Gasteiger partial charge in [0.25, 0.3) is 0 Å². The molecule has 0 radical (unpaired) electrons. The number of nitrogens with zero attached hydrogens (tertiary/aromatic N) is 1. The van der Waals surface area contributed by atoms with E-state index >= 15 is 0 Å². The largest absolute Gasteiger partial charge is 0.478 e. The summed E-state index contributed by atoms with van der Waals surface area (Å²) < 4.78 is 5.47. The molecule has 0 bridgehead atoms. The first kappa shape index (κ1) is 17.3. The summed E-state index contributed by atoms with van der Waals surface area (Å²) in [5, 5.41) is 9.39. The summed E-state index contributed by atoms with van der Waals surface area (Å²) in [5.74, 6) is -0.897. The van der Waals surface area contributed by atoms with E-state index in [9.17, 15) is 14.7 Å². The molecule has 5 heteroatoms. The van der Waals surface area contributed by atoms with Gasteiger partial charge >= 0.3 is 12.1 Å². The molecular weight excluding hydrogens is 294 g/mol. The van der Waals surface area contributed by atoms with E-state index in [0.29, 0.717) is 18.7 Å². The van der Waals surface area contributed by atoms with Gasteiger partial charge in [-0.25, -0.2) is 9.59 Å². The predicted octanol–water partition coefficient (Wildman–Crippen LogP) is 3.89. The van der Waals surface area contributed by atoms with Crippen molar-refractivity contribution in [3.63, 3.8) is 0 Å². The van der Waals surface area contributed by atoms with Crippen molar-refractivity contribution in [2.45, 2.75) is 51.6 Å². The summed E-state index contributed by atoms with van der Waals surface area (Å²) >= 11 is 0. The molecule has 0 aliphatic carbocycles. The number of ether oxygens (including phenoxy) is 1. The van der Waals surface area contributed by atoms with E-state index in [4.69, 9.17) is 4.74 Å². The molecule has 0 aromatic heterocycles. The van der Waals surface area contributed by atoms with Crippen molar-refractivity contribution >= 4 is 12.1 Å². The van der Waals surface area contributed by atoms with Crippen LogP contribution in [0, 0.1) is 0 Å². The van der Waals surface area contributed by atoms with Gasteiger partial charge in [0.2, 0.25) is 0 Å². The maximum absolute atomic E-state index is 12.3. The summed E-state index contributed by atoms with van der Waals surface area (Å²) in [6.45, 7) is 6.69. The van der Waals surface area contributed by atoms with Gasteiger partial charge in [-0.15, -0.1) is 0 Å². The zero-order valence-corrected chi connectivity index (χ0v) is 14.0. The zero-order valence-electron chi connectivity index (χ0n) is 14.0. The third-order valence-corrected chi connectivity index (χ3v) is 3.95. The van der Waals surface area contributed by atoms with Crippen LogP contribution in [-0.2, 0) is 4.74 Å². The van der Waals surface area contributed by atoms with Gasteiger partial charge in [-0.1, -0.05) is 24.6 Å². The first-order chi connectivity index (χ1) is 10.8. The van der Waals surface area contributed by atoms with Crippen LogP contribution < -0.4 is 0 Å². The van der Waals surface area contributed by atoms with E-state index in [0.717, 1.165) is 24.8 Å². The Morgan fingerprint density at radius 1 is 1.22 bits per heavy atom. The second-order valence-electron chi connectivity index (χ2n) is 7.01. The first-order valence-electron chi connectivity index (χ1n) is 8.08. The summed E-state index contributed by atoms with van der Waals surface area (Å²) in [6.07, 6.45) is 2.43. The average molecular weight is 319 g/mol. The molecule has 1 aliphatic rings. The van der Waals surface area contributed by atoms with E-state index < -0.39 is 11.6 Å². The average Bonchev–Trinajstić information content (AvgIpc) is 2.71. The van der Waals surface area contributed by atoms with Crippen molar-refractivity contribution in [2.75, 3.05) is 13.1 Å². The van der Waals surface area contributed by atoms with Crippen molar-refractivity contribution in [1.82, 2.24) is 4.90 Å². The molecule has 1 saturated heterocycles. The smallest absolute Gasteiger partial charge is 0.410 e. The molecule has 0 saturated carbocycles. The van der Waals surface area contributed by atoms with Crippen molar-refractivity contribution in [2.24, 2.45) is 0 Å². The van der Waals surface area contributed by atoms with Crippen molar-refractivity contribution in [1.29, 1.82) is 0 Å². The molecule has 1 amide bonds. The molecule has 1 aliphatic heterocycles. The van der Waals surface area contributed by atoms with Gasteiger partial charge in [-0.05, 0) is 45.2 Å². The third-order valence-electron chi connectivity index (χ3n) is 3.95. The number of hydrogen-bond donors (Lipinski definition) is 1. The fraction of sp³-hybridized carbons (Fsp3) is 0.556. The molecule has 5 nitrogen and oxygen atoms in total. The molecule has 1 atom stereocenters. The molecule has 2 rings (SSSR count). The summed E-state index contributed by atoms with van der Waals surface area (Å²) in [4.78, 5) is 25.5. The molecule has 1 aromatic carbocycles. The predicted molar refractivity (Wildman–Crippen MR) is 87.8 cm³/mol. The lowest BCUT2D eigenvalue weighted by atomic mass is 9.90. The van der Waals surface area contributed by atoms with Crippen LogP contribution in [0.15, 0.2) is 24.3 Å². The SMILES string of the molecule is CC(C)(C)OC(=O)N1CCCCC(c2ccccc2C(=O)O)C1. The van der Waals surface area contributed by atoms with E-state index in [1.54, 1.807) is 17.0 Å². The van der Waals surface area contributed by atoms with Gasteiger partial charge in [0, 0.05) is 19.0 Å². The molecule has 0 spiro atoms. The number of benzene rings is 1. The first-order valence-corrected chi connectivity index (χ1v) is 8.08. The second-order valence-corrected chi connectivity index (χ2v) is 7.01. The Labute approximate surface area is 137 Å². The van der Waals surface area contributed by atoms with Crippen molar-refractivity contribution < 1.29 is 19.4 Å². The Balaban J connectivity index is 2.20. The monoisotopic (exact) mass is 319 g/mol. The van der Waals surface area contributed by atoms with E-state index in [2.05, 4.69) is 0 Å². The minimum Gasteiger partial charge on any atom is -0.478 e. The Morgan fingerprint density at radius 2 is 1.91 bits per heavy atom. The normalized spacial score (nSPS) is 19.1. The Morgan fingerprint density at radius 3 is 2.57 bits per heavy atom. The van der Waals surface area contributed by atoms with Crippen LogP contribution in [-0.4, -0.2) is 40.8 Å². The van der Waals surface area contributed by atoms with Crippen LogP contribution in [0.2, 0.25) is 0 Å². The minimum atomic E-state index is -0.923. The highest BCUT2D eigenvalue weighted by atomic mass is 16.6. The van der Waals surface area contributed by atoms with Gasteiger partial charge < -0.3 is 14.7 Å². The molecule has 1 N–H and O–H groups in total. The topological polar surface area (TPSA) is 66.8 Å². The van der Waals surface area contributed by atoms with Crippen LogP contribution in [0.25, 0.3) is 0 Å². The number of hydrogen-bond acceptors (Lipinski definition) is 3. The maximum Gasteiger partial charge on any atom is 0.410 e. The number of carboxylic acid groups (broad SMARTS) is 1. The highest BCUT2D eigenvalue weighted by Gasteiger charge is 2.28. The van der Waals surface area contributed by atoms with Crippen molar-refractivity contribution in [3.05, 3.63) is 35.4 Å². The lowest BCUT2D eigenvalue weighted by molar-refractivity contribution is 0.0249. The number of amides is 1. The highest BCUT2D eigenvalue weighted by Crippen LogP contribution is 2.29. The lowest BCUT2D eigenvalue weighted by Gasteiger charge is -2.28. The molecule has 1 heterocycles. The molecule has 1 unspecified atom stereocenters. The molecule has 23 heavy (non-hydrogen) atoms. The molecular formula is C18H25NO4. The van der Waals surface area contributed by atoms with Gasteiger partial charge in [0.1, 0.15) is 5.60 Å². The van der Waals surface area contributed by atoms with E-state index in [-0.39, 0.29) is 12.0 Å². The molecule has 126 valence electrons. The quantitative estimate of drug-likeness (QED) is 0.898. The number of carbonyl (C=O) groups is 2. The molecule has 1 aromatic rings. The Hall–Kier alpha value is -2.04. The fourth-order valence-electron chi connectivity index (χ4n) is 2.94. The number of likely N-dealkylation sites (tertiary alicyclic amines) is 1. The summed E-state index contributed by atoms with van der Waals surface area (Å²) in [7, 11) is 0.